The SMILES string of the molecule is COCCN1C(=O)C(=O)C(=C(O)c2ccc(OCc3cccc(C)c3)cc2)C1c1ccc(Br)cc1. The van der Waals surface area contributed by atoms with Crippen molar-refractivity contribution in [2.75, 3.05) is 20.3 Å². The van der Waals surface area contributed by atoms with E-state index in [1.807, 2.05) is 49.4 Å². The number of halogens is 1. The van der Waals surface area contributed by atoms with Gasteiger partial charge in [0.15, 0.2) is 0 Å². The number of aliphatic hydroxyl groups excluding tert-OH is 1. The number of nitrogens with zero attached hydrogens (tertiary/aromatic N) is 1. The van der Waals surface area contributed by atoms with Crippen LogP contribution >= 0.6 is 15.9 Å². The van der Waals surface area contributed by atoms with Crippen molar-refractivity contribution in [1.82, 2.24) is 4.90 Å². The van der Waals surface area contributed by atoms with Gasteiger partial charge in [0, 0.05) is 23.7 Å². The van der Waals surface area contributed by atoms with Crippen LogP contribution in [-0.4, -0.2) is 42.0 Å². The van der Waals surface area contributed by atoms with E-state index in [1.54, 1.807) is 24.3 Å². The number of aliphatic hydroxyl groups is 1. The topological polar surface area (TPSA) is 76.1 Å². The van der Waals surface area contributed by atoms with Gasteiger partial charge in [-0.1, -0.05) is 57.9 Å². The fourth-order valence-corrected chi connectivity index (χ4v) is 4.39. The maximum atomic E-state index is 13.0. The first-order valence-corrected chi connectivity index (χ1v) is 12.0. The number of benzene rings is 3. The number of rotatable bonds is 8. The van der Waals surface area contributed by atoms with E-state index in [-0.39, 0.29) is 24.5 Å². The number of amides is 1. The minimum absolute atomic E-state index is 0.0573. The van der Waals surface area contributed by atoms with Gasteiger partial charge in [0.05, 0.1) is 18.2 Å². The van der Waals surface area contributed by atoms with Gasteiger partial charge < -0.3 is 19.5 Å². The zero-order chi connectivity index (χ0) is 24.9. The molecular formula is C28H26BrNO5. The molecule has 3 aromatic carbocycles. The summed E-state index contributed by atoms with van der Waals surface area (Å²) in [6, 6.07) is 21.5. The Kier molecular flexibility index (Phi) is 7.68. The van der Waals surface area contributed by atoms with Crippen LogP contribution in [0.4, 0.5) is 0 Å². The minimum atomic E-state index is -0.716. The average molecular weight is 536 g/mol. The fraction of sp³-hybridized carbons (Fsp3) is 0.214. The van der Waals surface area contributed by atoms with Crippen molar-refractivity contribution in [3.8, 4) is 5.75 Å². The van der Waals surface area contributed by atoms with Crippen LogP contribution in [0.15, 0.2) is 82.8 Å². The van der Waals surface area contributed by atoms with Crippen LogP contribution in [0.25, 0.3) is 5.76 Å². The summed E-state index contributed by atoms with van der Waals surface area (Å²) >= 11 is 3.41. The smallest absolute Gasteiger partial charge is 0.295 e. The highest BCUT2D eigenvalue weighted by Crippen LogP contribution is 2.39. The standard InChI is InChI=1S/C28H26BrNO5/c1-18-4-3-5-19(16-18)17-35-23-12-8-21(9-13-23)26(31)24-25(20-6-10-22(29)11-7-20)30(14-15-34-2)28(33)27(24)32/h3-13,16,25,31H,14-15,17H2,1-2H3. The van der Waals surface area contributed by atoms with Crippen LogP contribution in [-0.2, 0) is 20.9 Å². The monoisotopic (exact) mass is 535 g/mol. The third-order valence-corrected chi connectivity index (χ3v) is 6.41. The summed E-state index contributed by atoms with van der Waals surface area (Å²) in [4.78, 5) is 27.3. The van der Waals surface area contributed by atoms with Gasteiger partial charge in [-0.3, -0.25) is 9.59 Å². The second kappa shape index (κ2) is 10.9. The highest BCUT2D eigenvalue weighted by atomic mass is 79.9. The molecular weight excluding hydrogens is 510 g/mol. The lowest BCUT2D eigenvalue weighted by molar-refractivity contribution is -0.140. The number of methoxy groups -OCH3 is 1. The number of likely N-dealkylation sites (tertiary alicyclic amines) is 1. The number of ketones is 1. The maximum absolute atomic E-state index is 13.0. The van der Waals surface area contributed by atoms with Gasteiger partial charge in [-0.2, -0.15) is 0 Å². The molecule has 0 aliphatic carbocycles. The summed E-state index contributed by atoms with van der Waals surface area (Å²) in [7, 11) is 1.54. The Balaban J connectivity index is 1.63. The molecule has 4 rings (SSSR count). The van der Waals surface area contributed by atoms with E-state index in [1.165, 1.54) is 12.0 Å². The third kappa shape index (κ3) is 5.47. The van der Waals surface area contributed by atoms with Gasteiger partial charge in [0.25, 0.3) is 11.7 Å². The van der Waals surface area contributed by atoms with Crippen LogP contribution in [0, 0.1) is 6.92 Å². The molecule has 1 unspecified atom stereocenters. The zero-order valence-corrected chi connectivity index (χ0v) is 21.1. The normalized spacial score (nSPS) is 17.1. The van der Waals surface area contributed by atoms with E-state index in [0.29, 0.717) is 17.9 Å². The van der Waals surface area contributed by atoms with Crippen LogP contribution < -0.4 is 4.74 Å². The Hall–Kier alpha value is -3.42. The first-order chi connectivity index (χ1) is 16.9. The van der Waals surface area contributed by atoms with Crippen molar-refractivity contribution >= 4 is 33.4 Å². The number of carbonyl (C=O) groups is 2. The van der Waals surface area contributed by atoms with Crippen molar-refractivity contribution in [1.29, 1.82) is 0 Å². The molecule has 1 saturated heterocycles. The molecule has 3 aromatic rings. The van der Waals surface area contributed by atoms with Gasteiger partial charge in [0.1, 0.15) is 18.1 Å². The fourth-order valence-electron chi connectivity index (χ4n) is 4.13. The van der Waals surface area contributed by atoms with E-state index >= 15 is 0 Å². The van der Waals surface area contributed by atoms with E-state index in [4.69, 9.17) is 9.47 Å². The number of carbonyl (C=O) groups excluding carboxylic acids is 2. The molecule has 1 aliphatic rings. The number of hydrogen-bond acceptors (Lipinski definition) is 5. The number of aryl methyl sites for hydroxylation is 1. The molecule has 0 saturated carbocycles. The van der Waals surface area contributed by atoms with Crippen molar-refractivity contribution in [3.63, 3.8) is 0 Å². The highest BCUT2D eigenvalue weighted by molar-refractivity contribution is 9.10. The summed E-state index contributed by atoms with van der Waals surface area (Å²) in [6.07, 6.45) is 0. The Morgan fingerprint density at radius 1 is 1.03 bits per heavy atom. The predicted octanol–water partition coefficient (Wildman–Crippen LogP) is 5.40. The van der Waals surface area contributed by atoms with Crippen molar-refractivity contribution < 1.29 is 24.2 Å². The Bertz CT molecular complexity index is 1250. The molecule has 7 heteroatoms. The molecule has 0 aromatic heterocycles. The molecule has 1 fully saturated rings. The first-order valence-electron chi connectivity index (χ1n) is 11.2. The first kappa shape index (κ1) is 24.7. The molecule has 0 bridgehead atoms. The molecule has 1 atom stereocenters. The van der Waals surface area contributed by atoms with Gasteiger partial charge in [-0.15, -0.1) is 0 Å². The molecule has 1 heterocycles. The van der Waals surface area contributed by atoms with Crippen molar-refractivity contribution in [2.24, 2.45) is 0 Å². The quantitative estimate of drug-likeness (QED) is 0.237. The van der Waals surface area contributed by atoms with Gasteiger partial charge in [-0.05, 0) is 54.4 Å². The summed E-state index contributed by atoms with van der Waals surface area (Å²) < 4.78 is 11.9. The lowest BCUT2D eigenvalue weighted by atomic mass is 9.95. The molecule has 6 nitrogen and oxygen atoms in total. The second-order valence-electron chi connectivity index (χ2n) is 8.34. The Morgan fingerprint density at radius 2 is 1.74 bits per heavy atom. The lowest BCUT2D eigenvalue weighted by Gasteiger charge is -2.25. The number of ether oxygens (including phenoxy) is 2. The van der Waals surface area contributed by atoms with Crippen LogP contribution in [0.3, 0.4) is 0 Å². The van der Waals surface area contributed by atoms with Crippen LogP contribution in [0.5, 0.6) is 5.75 Å². The van der Waals surface area contributed by atoms with Crippen LogP contribution in [0.2, 0.25) is 0 Å². The molecule has 1 N–H and O–H groups in total. The summed E-state index contributed by atoms with van der Waals surface area (Å²) in [5.74, 6) is -0.963. The largest absolute Gasteiger partial charge is 0.507 e. The average Bonchev–Trinajstić information content (AvgIpc) is 3.11. The third-order valence-electron chi connectivity index (χ3n) is 5.88. The molecule has 0 spiro atoms. The van der Waals surface area contributed by atoms with E-state index < -0.39 is 17.7 Å². The van der Waals surface area contributed by atoms with Crippen molar-refractivity contribution in [2.45, 2.75) is 19.6 Å². The van der Waals surface area contributed by atoms with E-state index in [9.17, 15) is 14.7 Å². The van der Waals surface area contributed by atoms with Gasteiger partial charge >= 0.3 is 0 Å². The number of Topliss-reactive ketones (excluding diaryl/α,β-unsaturated/α-hetero) is 1. The molecule has 1 aliphatic heterocycles. The molecule has 0 radical (unpaired) electrons. The summed E-state index contributed by atoms with van der Waals surface area (Å²) in [6.45, 7) is 2.94. The highest BCUT2D eigenvalue weighted by Gasteiger charge is 2.45. The van der Waals surface area contributed by atoms with Crippen LogP contribution in [0.1, 0.15) is 28.3 Å². The second-order valence-corrected chi connectivity index (χ2v) is 9.25. The van der Waals surface area contributed by atoms with Crippen molar-refractivity contribution in [3.05, 3.63) is 105 Å². The maximum Gasteiger partial charge on any atom is 0.295 e. The minimum Gasteiger partial charge on any atom is -0.507 e. The zero-order valence-electron chi connectivity index (χ0n) is 19.5. The Labute approximate surface area is 212 Å². The molecule has 1 amide bonds. The van der Waals surface area contributed by atoms with Gasteiger partial charge in [0.2, 0.25) is 0 Å². The van der Waals surface area contributed by atoms with E-state index in [2.05, 4.69) is 22.0 Å². The summed E-state index contributed by atoms with van der Waals surface area (Å²) in [5, 5.41) is 11.2. The molecule has 180 valence electrons. The number of hydrogen-bond donors (Lipinski definition) is 1. The van der Waals surface area contributed by atoms with Gasteiger partial charge in [-0.25, -0.2) is 0 Å². The lowest BCUT2D eigenvalue weighted by Crippen LogP contribution is -2.32. The van der Waals surface area contributed by atoms with E-state index in [0.717, 1.165) is 21.2 Å². The molecule has 35 heavy (non-hydrogen) atoms. The summed E-state index contributed by atoms with van der Waals surface area (Å²) in [5.41, 5.74) is 3.43. The Morgan fingerprint density at radius 3 is 2.40 bits per heavy atom. The predicted molar refractivity (Wildman–Crippen MR) is 137 cm³/mol.